The van der Waals surface area contributed by atoms with Gasteiger partial charge < -0.3 is 10.1 Å². The van der Waals surface area contributed by atoms with Crippen LogP contribution in [0.3, 0.4) is 0 Å². The Kier molecular flexibility index (Phi) is 5.38. The minimum atomic E-state index is -0.138. The van der Waals surface area contributed by atoms with Crippen LogP contribution in [0, 0.1) is 0 Å². The molecule has 0 spiro atoms. The molecule has 2 aromatic rings. The van der Waals surface area contributed by atoms with Gasteiger partial charge in [0.25, 0.3) is 0 Å². The van der Waals surface area contributed by atoms with Gasteiger partial charge in [-0.3, -0.25) is 4.79 Å². The van der Waals surface area contributed by atoms with Crippen molar-refractivity contribution in [1.29, 1.82) is 0 Å². The quantitative estimate of drug-likeness (QED) is 0.809. The van der Waals surface area contributed by atoms with Gasteiger partial charge in [0.15, 0.2) is 0 Å². The van der Waals surface area contributed by atoms with E-state index in [1.165, 1.54) is 6.08 Å². The molecule has 0 bridgehead atoms. The van der Waals surface area contributed by atoms with Crippen molar-refractivity contribution in [2.75, 3.05) is 11.9 Å². The first-order valence-corrected chi connectivity index (χ1v) is 7.41. The largest absolute Gasteiger partial charge is 0.494 e. The smallest absolute Gasteiger partial charge is 0.248 e. The van der Waals surface area contributed by atoms with E-state index in [-0.39, 0.29) is 5.91 Å². The lowest BCUT2D eigenvalue weighted by atomic mass is 10.3. The Labute approximate surface area is 122 Å². The summed E-state index contributed by atoms with van der Waals surface area (Å²) in [5.74, 6) is 0.680. The molecule has 1 aromatic heterocycles. The molecule has 0 radical (unpaired) electrons. The molecule has 1 heterocycles. The second-order valence-corrected chi connectivity index (χ2v) is 5.19. The summed E-state index contributed by atoms with van der Waals surface area (Å²) in [6, 6.07) is 11.3. The zero-order valence-corrected chi connectivity index (χ0v) is 12.2. The van der Waals surface area contributed by atoms with Crippen molar-refractivity contribution in [3.63, 3.8) is 0 Å². The van der Waals surface area contributed by atoms with E-state index in [1.807, 2.05) is 41.8 Å². The lowest BCUT2D eigenvalue weighted by Gasteiger charge is -2.06. The number of ether oxygens (including phenoxy) is 1. The number of amides is 1. The van der Waals surface area contributed by atoms with Gasteiger partial charge in [0.05, 0.1) is 6.61 Å². The predicted octanol–water partition coefficient (Wildman–Crippen LogP) is 4.19. The van der Waals surface area contributed by atoms with E-state index in [9.17, 15) is 4.79 Å². The molecule has 0 unspecified atom stereocenters. The first kappa shape index (κ1) is 14.3. The molecule has 1 aromatic carbocycles. The SMILES string of the molecule is CCCOc1ccc(NC(=O)C=Cc2cccs2)cc1. The fraction of sp³-hybridized carbons (Fsp3) is 0.188. The molecule has 2 rings (SSSR count). The third-order valence-electron chi connectivity index (χ3n) is 2.54. The highest BCUT2D eigenvalue weighted by atomic mass is 32.1. The minimum Gasteiger partial charge on any atom is -0.494 e. The van der Waals surface area contributed by atoms with E-state index < -0.39 is 0 Å². The molecular formula is C16H17NO2S. The lowest BCUT2D eigenvalue weighted by Crippen LogP contribution is -2.07. The van der Waals surface area contributed by atoms with E-state index in [1.54, 1.807) is 17.4 Å². The van der Waals surface area contributed by atoms with Crippen LogP contribution >= 0.6 is 11.3 Å². The van der Waals surface area contributed by atoms with Gasteiger partial charge in [-0.2, -0.15) is 0 Å². The summed E-state index contributed by atoms with van der Waals surface area (Å²) in [5, 5.41) is 4.79. The Hall–Kier alpha value is -2.07. The van der Waals surface area contributed by atoms with Crippen LogP contribution in [-0.2, 0) is 4.79 Å². The van der Waals surface area contributed by atoms with Gasteiger partial charge in [0.1, 0.15) is 5.75 Å². The van der Waals surface area contributed by atoms with Crippen LogP contribution in [-0.4, -0.2) is 12.5 Å². The van der Waals surface area contributed by atoms with Crippen molar-refractivity contribution in [2.24, 2.45) is 0 Å². The van der Waals surface area contributed by atoms with Gasteiger partial charge in [-0.15, -0.1) is 11.3 Å². The van der Waals surface area contributed by atoms with Gasteiger partial charge in [-0.05, 0) is 48.2 Å². The third-order valence-corrected chi connectivity index (χ3v) is 3.37. The molecule has 0 fully saturated rings. The summed E-state index contributed by atoms with van der Waals surface area (Å²) in [6.45, 7) is 2.77. The molecule has 0 saturated heterocycles. The van der Waals surface area contributed by atoms with Crippen molar-refractivity contribution in [3.8, 4) is 5.75 Å². The Morgan fingerprint density at radius 3 is 2.75 bits per heavy atom. The van der Waals surface area contributed by atoms with Crippen LogP contribution in [0.4, 0.5) is 5.69 Å². The average Bonchev–Trinajstić information content (AvgIpc) is 2.98. The second-order valence-electron chi connectivity index (χ2n) is 4.21. The lowest BCUT2D eigenvalue weighted by molar-refractivity contribution is -0.111. The molecule has 4 heteroatoms. The summed E-state index contributed by atoms with van der Waals surface area (Å²) in [7, 11) is 0. The number of carbonyl (C=O) groups is 1. The van der Waals surface area contributed by atoms with Gasteiger partial charge in [-0.1, -0.05) is 13.0 Å². The monoisotopic (exact) mass is 287 g/mol. The Morgan fingerprint density at radius 1 is 1.30 bits per heavy atom. The zero-order valence-electron chi connectivity index (χ0n) is 11.3. The third kappa shape index (κ3) is 4.55. The normalized spacial score (nSPS) is 10.7. The predicted molar refractivity (Wildman–Crippen MR) is 84.2 cm³/mol. The number of nitrogens with one attached hydrogen (secondary N) is 1. The molecule has 0 saturated carbocycles. The topological polar surface area (TPSA) is 38.3 Å². The summed E-state index contributed by atoms with van der Waals surface area (Å²) >= 11 is 1.60. The molecule has 0 aliphatic carbocycles. The molecule has 0 aliphatic heterocycles. The summed E-state index contributed by atoms with van der Waals surface area (Å²) in [5.41, 5.74) is 0.759. The number of hydrogen-bond acceptors (Lipinski definition) is 3. The van der Waals surface area contributed by atoms with Crippen molar-refractivity contribution in [3.05, 3.63) is 52.7 Å². The first-order chi connectivity index (χ1) is 9.78. The van der Waals surface area contributed by atoms with Crippen LogP contribution in [0.25, 0.3) is 6.08 Å². The maximum Gasteiger partial charge on any atom is 0.248 e. The summed E-state index contributed by atoms with van der Waals surface area (Å²) < 4.78 is 5.49. The molecule has 104 valence electrons. The van der Waals surface area contributed by atoms with Crippen molar-refractivity contribution in [1.82, 2.24) is 0 Å². The van der Waals surface area contributed by atoms with E-state index >= 15 is 0 Å². The number of anilines is 1. The van der Waals surface area contributed by atoms with Crippen molar-refractivity contribution in [2.45, 2.75) is 13.3 Å². The average molecular weight is 287 g/mol. The minimum absolute atomic E-state index is 0.138. The van der Waals surface area contributed by atoms with E-state index in [0.717, 1.165) is 22.7 Å². The Bertz CT molecular complexity index is 559. The summed E-state index contributed by atoms with van der Waals surface area (Å²) in [4.78, 5) is 12.8. The standard InChI is InChI=1S/C16H17NO2S/c1-2-11-19-14-7-5-13(6-8-14)17-16(18)10-9-15-4-3-12-20-15/h3-10,12H,2,11H2,1H3,(H,17,18). The van der Waals surface area contributed by atoms with E-state index in [4.69, 9.17) is 4.74 Å². The van der Waals surface area contributed by atoms with Crippen LogP contribution in [0.5, 0.6) is 5.75 Å². The second kappa shape index (κ2) is 7.50. The molecule has 0 aliphatic rings. The maximum absolute atomic E-state index is 11.7. The molecule has 20 heavy (non-hydrogen) atoms. The number of thiophene rings is 1. The van der Waals surface area contributed by atoms with Crippen LogP contribution in [0.15, 0.2) is 47.9 Å². The van der Waals surface area contributed by atoms with Crippen molar-refractivity contribution >= 4 is 29.0 Å². The zero-order chi connectivity index (χ0) is 14.2. The molecule has 1 N–H and O–H groups in total. The molecular weight excluding hydrogens is 270 g/mol. The van der Waals surface area contributed by atoms with Gasteiger partial charge in [0, 0.05) is 16.6 Å². The van der Waals surface area contributed by atoms with Crippen LogP contribution in [0.1, 0.15) is 18.2 Å². The van der Waals surface area contributed by atoms with Gasteiger partial charge in [0.2, 0.25) is 5.91 Å². The molecule has 0 atom stereocenters. The number of carbonyl (C=O) groups excluding carboxylic acids is 1. The maximum atomic E-state index is 11.7. The first-order valence-electron chi connectivity index (χ1n) is 6.53. The highest BCUT2D eigenvalue weighted by Crippen LogP contribution is 2.16. The van der Waals surface area contributed by atoms with E-state index in [0.29, 0.717) is 6.61 Å². The molecule has 3 nitrogen and oxygen atoms in total. The van der Waals surface area contributed by atoms with Gasteiger partial charge >= 0.3 is 0 Å². The Balaban J connectivity index is 1.87. The summed E-state index contributed by atoms with van der Waals surface area (Å²) in [6.07, 6.45) is 4.32. The highest BCUT2D eigenvalue weighted by molar-refractivity contribution is 7.10. The van der Waals surface area contributed by atoms with Crippen molar-refractivity contribution < 1.29 is 9.53 Å². The van der Waals surface area contributed by atoms with Gasteiger partial charge in [-0.25, -0.2) is 0 Å². The van der Waals surface area contributed by atoms with Crippen LogP contribution < -0.4 is 10.1 Å². The fourth-order valence-electron chi connectivity index (χ4n) is 1.58. The van der Waals surface area contributed by atoms with Crippen LogP contribution in [0.2, 0.25) is 0 Å². The molecule has 1 amide bonds. The highest BCUT2D eigenvalue weighted by Gasteiger charge is 1.99. The fourth-order valence-corrected chi connectivity index (χ4v) is 2.20. The number of hydrogen-bond donors (Lipinski definition) is 1. The Morgan fingerprint density at radius 2 is 2.10 bits per heavy atom. The number of rotatable bonds is 6. The van der Waals surface area contributed by atoms with E-state index in [2.05, 4.69) is 12.2 Å². The number of benzene rings is 1.